The molecule has 0 saturated carbocycles. The van der Waals surface area contributed by atoms with Crippen LogP contribution in [-0.2, 0) is 6.54 Å². The Morgan fingerprint density at radius 2 is 1.97 bits per heavy atom. The Bertz CT molecular complexity index is 1270. The fourth-order valence-corrected chi connectivity index (χ4v) is 4.73. The van der Waals surface area contributed by atoms with Crippen molar-refractivity contribution in [3.63, 3.8) is 0 Å². The van der Waals surface area contributed by atoms with Crippen molar-refractivity contribution in [2.24, 2.45) is 0 Å². The number of rotatable bonds is 6. The van der Waals surface area contributed by atoms with Gasteiger partial charge in [0, 0.05) is 37.9 Å². The summed E-state index contributed by atoms with van der Waals surface area (Å²) in [7, 11) is 0. The molecule has 1 unspecified atom stereocenters. The highest BCUT2D eigenvalue weighted by Crippen LogP contribution is 2.24. The van der Waals surface area contributed by atoms with Gasteiger partial charge in [0.15, 0.2) is 0 Å². The first-order valence-electron chi connectivity index (χ1n) is 10.9. The topological polar surface area (TPSA) is 85.0 Å². The second-order valence-corrected chi connectivity index (χ2v) is 8.43. The third-order valence-corrected chi connectivity index (χ3v) is 6.29. The highest BCUT2D eigenvalue weighted by molar-refractivity contribution is 5.71. The minimum Gasteiger partial charge on any atom is -0.310 e. The molecule has 2 aliphatic heterocycles. The molecule has 0 aromatic carbocycles. The Morgan fingerprint density at radius 1 is 1.12 bits per heavy atom. The molecule has 0 bridgehead atoms. The van der Waals surface area contributed by atoms with E-state index in [0.29, 0.717) is 30.3 Å². The first-order chi connectivity index (χ1) is 15.6. The van der Waals surface area contributed by atoms with Crippen molar-refractivity contribution in [2.75, 3.05) is 26.2 Å². The zero-order chi connectivity index (χ0) is 22.1. The van der Waals surface area contributed by atoms with Crippen molar-refractivity contribution in [3.8, 4) is 0 Å². The predicted octanol–water partition coefficient (Wildman–Crippen LogP) is 1.41. The van der Waals surface area contributed by atoms with Crippen molar-refractivity contribution in [1.29, 1.82) is 0 Å². The summed E-state index contributed by atoms with van der Waals surface area (Å²) in [5.74, 6) is -0.336. The molecule has 1 saturated heterocycles. The van der Waals surface area contributed by atoms with E-state index >= 15 is 0 Å². The molecular weight excluding hydrogens is 411 g/mol. The molecule has 3 aromatic heterocycles. The van der Waals surface area contributed by atoms with E-state index in [1.807, 2.05) is 12.2 Å². The van der Waals surface area contributed by atoms with Gasteiger partial charge < -0.3 is 10.2 Å². The molecule has 1 N–H and O–H groups in total. The van der Waals surface area contributed by atoms with Crippen molar-refractivity contribution in [3.05, 3.63) is 75.0 Å². The number of aromatic nitrogens is 4. The number of pyridine rings is 2. The molecule has 0 amide bonds. The summed E-state index contributed by atoms with van der Waals surface area (Å²) in [6.07, 6.45) is 10.0. The van der Waals surface area contributed by atoms with Crippen LogP contribution >= 0.6 is 0 Å². The van der Waals surface area contributed by atoms with Gasteiger partial charge in [0.25, 0.3) is 11.1 Å². The van der Waals surface area contributed by atoms with E-state index in [4.69, 9.17) is 0 Å². The van der Waals surface area contributed by atoms with E-state index in [0.717, 1.165) is 38.0 Å². The van der Waals surface area contributed by atoms with Gasteiger partial charge in [0.2, 0.25) is 0 Å². The second kappa shape index (κ2) is 8.76. The monoisotopic (exact) mass is 436 g/mol. The number of halogens is 1. The van der Waals surface area contributed by atoms with Crippen LogP contribution in [0, 0.1) is 5.82 Å². The molecule has 32 heavy (non-hydrogen) atoms. The van der Waals surface area contributed by atoms with Gasteiger partial charge >= 0.3 is 0 Å². The Morgan fingerprint density at radius 3 is 2.78 bits per heavy atom. The first-order valence-corrected chi connectivity index (χ1v) is 10.9. The highest BCUT2D eigenvalue weighted by atomic mass is 19.1. The largest absolute Gasteiger partial charge is 0.310 e. The Kier molecular flexibility index (Phi) is 5.67. The zero-order valence-electron chi connectivity index (χ0n) is 17.7. The van der Waals surface area contributed by atoms with Gasteiger partial charge in [-0.3, -0.25) is 23.7 Å². The average Bonchev–Trinajstić information content (AvgIpc) is 3.18. The van der Waals surface area contributed by atoms with E-state index in [1.165, 1.54) is 24.5 Å². The summed E-state index contributed by atoms with van der Waals surface area (Å²) in [5, 5.41) is 3.53. The quantitative estimate of drug-likeness (QED) is 0.629. The Hall–Kier alpha value is -3.17. The van der Waals surface area contributed by atoms with Crippen LogP contribution < -0.4 is 16.4 Å². The van der Waals surface area contributed by atoms with Crippen LogP contribution in [-0.4, -0.2) is 56.2 Å². The maximum Gasteiger partial charge on any atom is 0.270 e. The van der Waals surface area contributed by atoms with Crippen LogP contribution in [0.2, 0.25) is 0 Å². The molecule has 3 aromatic rings. The van der Waals surface area contributed by atoms with Crippen LogP contribution in [0.5, 0.6) is 0 Å². The number of nitrogens with zero attached hydrogens (tertiary/aromatic N) is 5. The maximum absolute atomic E-state index is 13.2. The number of likely N-dealkylation sites (tertiary alicyclic amines) is 1. The van der Waals surface area contributed by atoms with E-state index in [-0.39, 0.29) is 23.0 Å². The third-order valence-electron chi connectivity index (χ3n) is 6.29. The number of nitrogens with one attached hydrogen (secondary N) is 1. The maximum atomic E-state index is 13.2. The molecule has 8 nitrogen and oxygen atoms in total. The fourth-order valence-electron chi connectivity index (χ4n) is 4.73. The average molecular weight is 436 g/mol. The highest BCUT2D eigenvalue weighted by Gasteiger charge is 2.29. The summed E-state index contributed by atoms with van der Waals surface area (Å²) in [5.41, 5.74) is 1.81. The van der Waals surface area contributed by atoms with Gasteiger partial charge in [0.1, 0.15) is 17.0 Å². The molecule has 1 atom stereocenters. The minimum absolute atomic E-state index is 0.0598. The van der Waals surface area contributed by atoms with Gasteiger partial charge in [-0.1, -0.05) is 12.2 Å². The van der Waals surface area contributed by atoms with E-state index in [9.17, 15) is 14.0 Å². The van der Waals surface area contributed by atoms with Crippen molar-refractivity contribution >= 4 is 17.2 Å². The van der Waals surface area contributed by atoms with E-state index in [2.05, 4.69) is 20.2 Å². The molecule has 0 radical (unpaired) electrons. The first kappa shape index (κ1) is 20.7. The van der Waals surface area contributed by atoms with Gasteiger partial charge in [-0.15, -0.1) is 0 Å². The summed E-state index contributed by atoms with van der Waals surface area (Å²) in [4.78, 5) is 35.2. The Balaban J connectivity index is 1.15. The number of hydrogen-bond acceptors (Lipinski definition) is 6. The van der Waals surface area contributed by atoms with Crippen LogP contribution in [0.3, 0.4) is 0 Å². The van der Waals surface area contributed by atoms with Gasteiger partial charge in [-0.2, -0.15) is 0 Å². The molecule has 0 aliphatic carbocycles. The van der Waals surface area contributed by atoms with Gasteiger partial charge in [0.05, 0.1) is 18.4 Å². The predicted molar refractivity (Wildman–Crippen MR) is 120 cm³/mol. The molecule has 5 rings (SSSR count). The van der Waals surface area contributed by atoms with Crippen LogP contribution in [0.25, 0.3) is 17.2 Å². The summed E-state index contributed by atoms with van der Waals surface area (Å²) < 4.78 is 16.6. The summed E-state index contributed by atoms with van der Waals surface area (Å²) in [6, 6.07) is 5.01. The van der Waals surface area contributed by atoms with Gasteiger partial charge in [-0.05, 0) is 43.6 Å². The summed E-state index contributed by atoms with van der Waals surface area (Å²) in [6.45, 7) is 3.82. The number of piperidine rings is 1. The fraction of sp³-hybridized carbons (Fsp3) is 0.391. The van der Waals surface area contributed by atoms with Crippen LogP contribution in [0.4, 0.5) is 4.39 Å². The summed E-state index contributed by atoms with van der Waals surface area (Å²) >= 11 is 0. The lowest BCUT2D eigenvalue weighted by atomic mass is 10.0. The molecular formula is C23H25FN6O2. The molecule has 9 heteroatoms. The molecule has 0 spiro atoms. The minimum atomic E-state index is -0.336. The van der Waals surface area contributed by atoms with Crippen molar-refractivity contribution in [2.45, 2.75) is 31.5 Å². The van der Waals surface area contributed by atoms with E-state index in [1.54, 1.807) is 21.4 Å². The van der Waals surface area contributed by atoms with Gasteiger partial charge in [-0.25, -0.2) is 9.37 Å². The van der Waals surface area contributed by atoms with Crippen LogP contribution in [0.15, 0.2) is 52.5 Å². The lowest BCUT2D eigenvalue weighted by Crippen LogP contribution is -2.44. The lowest BCUT2D eigenvalue weighted by Gasteiger charge is -2.34. The number of hydrogen-bond donors (Lipinski definition) is 1. The zero-order valence-corrected chi connectivity index (χ0v) is 17.7. The van der Waals surface area contributed by atoms with Crippen molar-refractivity contribution < 1.29 is 4.39 Å². The third kappa shape index (κ3) is 4.13. The van der Waals surface area contributed by atoms with E-state index < -0.39 is 0 Å². The van der Waals surface area contributed by atoms with Crippen LogP contribution in [0.1, 0.15) is 24.4 Å². The normalized spacial score (nSPS) is 19.3. The SMILES string of the molecule is O=c1ccc2ncc(=O)n3c2n1CC3CN1CCC(NC/C=C/c2cncc(F)c2)CC1. The second-order valence-electron chi connectivity index (χ2n) is 8.43. The lowest BCUT2D eigenvalue weighted by molar-refractivity contribution is 0.173. The molecule has 5 heterocycles. The standard InChI is InChI=1S/C23H25FN6O2/c24-17-10-16(11-25-12-17)2-1-7-26-18-5-8-28(9-6-18)14-19-15-29-21(31)4-3-20-23(29)30(19)22(32)13-27-20/h1-4,10-13,18-19,26H,5-9,14-15H2/b2-1+. The molecule has 2 aliphatic rings. The smallest absolute Gasteiger partial charge is 0.270 e. The molecule has 166 valence electrons. The Labute approximate surface area is 184 Å². The molecule has 1 fully saturated rings. The van der Waals surface area contributed by atoms with Crippen molar-refractivity contribution in [1.82, 2.24) is 29.3 Å².